The number of rotatable bonds is 3. The topological polar surface area (TPSA) is 78.0 Å². The number of nitrogens with two attached hydrogens (primary N) is 1. The van der Waals surface area contributed by atoms with Crippen molar-refractivity contribution in [2.45, 2.75) is 11.4 Å². The minimum atomic E-state index is -3.38. The number of aromatic nitrogens is 2. The zero-order valence-electron chi connectivity index (χ0n) is 9.67. The molecule has 2 rings (SSSR count). The molecular formula is C11H12FN3O2S. The van der Waals surface area contributed by atoms with Crippen LogP contribution >= 0.6 is 0 Å². The fourth-order valence-electron chi connectivity index (χ4n) is 1.55. The first kappa shape index (κ1) is 12.6. The highest BCUT2D eigenvalue weighted by Gasteiger charge is 2.16. The van der Waals surface area contributed by atoms with Gasteiger partial charge in [0, 0.05) is 6.26 Å². The van der Waals surface area contributed by atoms with Gasteiger partial charge in [0.05, 0.1) is 12.7 Å². The minimum absolute atomic E-state index is 0.00427. The third-order valence-corrected chi connectivity index (χ3v) is 3.60. The van der Waals surface area contributed by atoms with Gasteiger partial charge in [-0.15, -0.1) is 0 Å². The Morgan fingerprint density at radius 2 is 1.94 bits per heavy atom. The van der Waals surface area contributed by atoms with Gasteiger partial charge in [0.25, 0.3) is 0 Å². The van der Waals surface area contributed by atoms with Gasteiger partial charge in [0.1, 0.15) is 16.5 Å². The molecule has 1 heterocycles. The summed E-state index contributed by atoms with van der Waals surface area (Å²) in [5.74, 6) is -0.245. The maximum Gasteiger partial charge on any atom is 0.180 e. The number of hydrogen-bond donors (Lipinski definition) is 1. The molecule has 0 aliphatic heterocycles. The van der Waals surface area contributed by atoms with Crippen molar-refractivity contribution in [1.82, 2.24) is 9.78 Å². The largest absolute Gasteiger partial charge is 0.383 e. The van der Waals surface area contributed by atoms with Crippen LogP contribution in [0.25, 0.3) is 0 Å². The lowest BCUT2D eigenvalue weighted by Gasteiger charge is -2.05. The Hall–Kier alpha value is -1.89. The molecule has 5 nitrogen and oxygen atoms in total. The van der Waals surface area contributed by atoms with E-state index in [1.165, 1.54) is 23.0 Å². The molecule has 0 aliphatic rings. The lowest BCUT2D eigenvalue weighted by molar-refractivity contribution is 0.602. The van der Waals surface area contributed by atoms with E-state index < -0.39 is 9.84 Å². The fourth-order valence-corrected chi connectivity index (χ4v) is 2.28. The Kier molecular flexibility index (Phi) is 3.08. The van der Waals surface area contributed by atoms with Gasteiger partial charge in [0.15, 0.2) is 9.84 Å². The van der Waals surface area contributed by atoms with Crippen molar-refractivity contribution in [3.05, 3.63) is 41.8 Å². The van der Waals surface area contributed by atoms with Gasteiger partial charge in [-0.05, 0) is 17.7 Å². The van der Waals surface area contributed by atoms with Crippen molar-refractivity contribution >= 4 is 15.7 Å². The summed E-state index contributed by atoms with van der Waals surface area (Å²) in [6.45, 7) is 0.293. The molecule has 0 aliphatic carbocycles. The van der Waals surface area contributed by atoms with Crippen LogP contribution in [0.4, 0.5) is 10.2 Å². The molecule has 96 valence electrons. The van der Waals surface area contributed by atoms with Crippen LogP contribution in [-0.4, -0.2) is 24.5 Å². The van der Waals surface area contributed by atoms with Crippen LogP contribution in [0, 0.1) is 5.82 Å². The quantitative estimate of drug-likeness (QED) is 0.903. The van der Waals surface area contributed by atoms with E-state index in [9.17, 15) is 12.8 Å². The van der Waals surface area contributed by atoms with Gasteiger partial charge in [0.2, 0.25) is 0 Å². The second kappa shape index (κ2) is 4.41. The molecule has 0 radical (unpaired) electrons. The zero-order valence-corrected chi connectivity index (χ0v) is 10.5. The number of hydrogen-bond acceptors (Lipinski definition) is 4. The van der Waals surface area contributed by atoms with Crippen LogP contribution in [0.1, 0.15) is 5.56 Å². The van der Waals surface area contributed by atoms with Gasteiger partial charge in [-0.25, -0.2) is 17.5 Å². The third kappa shape index (κ3) is 2.51. The van der Waals surface area contributed by atoms with Crippen LogP contribution in [-0.2, 0) is 16.4 Å². The molecule has 0 spiro atoms. The van der Waals surface area contributed by atoms with Crippen molar-refractivity contribution in [1.29, 1.82) is 0 Å². The SMILES string of the molecule is CS(=O)(=O)c1cnn(Cc2ccc(F)cc2)c1N. The number of nitrogen functional groups attached to an aromatic ring is 1. The maximum absolute atomic E-state index is 12.7. The Bertz CT molecular complexity index is 662. The van der Waals surface area contributed by atoms with Gasteiger partial charge >= 0.3 is 0 Å². The van der Waals surface area contributed by atoms with Crippen LogP contribution in [0.5, 0.6) is 0 Å². The fraction of sp³-hybridized carbons (Fsp3) is 0.182. The van der Waals surface area contributed by atoms with E-state index in [1.54, 1.807) is 12.1 Å². The molecule has 18 heavy (non-hydrogen) atoms. The monoisotopic (exact) mass is 269 g/mol. The van der Waals surface area contributed by atoms with Crippen molar-refractivity contribution < 1.29 is 12.8 Å². The molecule has 1 aromatic heterocycles. The zero-order chi connectivity index (χ0) is 13.3. The average molecular weight is 269 g/mol. The van der Waals surface area contributed by atoms with E-state index in [4.69, 9.17) is 5.73 Å². The van der Waals surface area contributed by atoms with Crippen LogP contribution < -0.4 is 5.73 Å². The third-order valence-electron chi connectivity index (χ3n) is 2.49. The highest BCUT2D eigenvalue weighted by atomic mass is 32.2. The molecule has 2 aromatic rings. The Balaban J connectivity index is 2.31. The number of halogens is 1. The van der Waals surface area contributed by atoms with Crippen molar-refractivity contribution in [2.24, 2.45) is 0 Å². The highest BCUT2D eigenvalue weighted by Crippen LogP contribution is 2.18. The maximum atomic E-state index is 12.7. The highest BCUT2D eigenvalue weighted by molar-refractivity contribution is 7.90. The lowest BCUT2D eigenvalue weighted by atomic mass is 10.2. The summed E-state index contributed by atoms with van der Waals surface area (Å²) in [4.78, 5) is 0.00427. The number of anilines is 1. The smallest absolute Gasteiger partial charge is 0.180 e. The summed E-state index contributed by atoms with van der Waals surface area (Å²) in [5.41, 5.74) is 6.50. The molecule has 2 N–H and O–H groups in total. The first-order valence-corrected chi connectivity index (χ1v) is 7.03. The molecular weight excluding hydrogens is 257 g/mol. The predicted octanol–water partition coefficient (Wildman–Crippen LogP) is 1.06. The molecule has 0 amide bonds. The molecule has 0 saturated carbocycles. The molecule has 0 atom stereocenters. The average Bonchev–Trinajstić information content (AvgIpc) is 2.63. The summed E-state index contributed by atoms with van der Waals surface area (Å²) in [6.07, 6.45) is 2.29. The first-order chi connectivity index (χ1) is 8.38. The number of sulfone groups is 1. The molecule has 0 bridgehead atoms. The van der Waals surface area contributed by atoms with E-state index >= 15 is 0 Å². The summed E-state index contributed by atoms with van der Waals surface area (Å²) < 4.78 is 36.9. The summed E-state index contributed by atoms with van der Waals surface area (Å²) >= 11 is 0. The standard InChI is InChI=1S/C11H12FN3O2S/c1-18(16,17)10-6-14-15(11(10)13)7-8-2-4-9(12)5-3-8/h2-6H,7,13H2,1H3. The molecule has 0 saturated heterocycles. The molecule has 7 heteroatoms. The molecule has 0 unspecified atom stereocenters. The predicted molar refractivity (Wildman–Crippen MR) is 65.3 cm³/mol. The Morgan fingerprint density at radius 3 is 2.44 bits per heavy atom. The van der Waals surface area contributed by atoms with E-state index in [0.29, 0.717) is 6.54 Å². The van der Waals surface area contributed by atoms with Crippen LogP contribution in [0.3, 0.4) is 0 Å². The number of nitrogens with zero attached hydrogens (tertiary/aromatic N) is 2. The van der Waals surface area contributed by atoms with Crippen molar-refractivity contribution in [2.75, 3.05) is 12.0 Å². The lowest BCUT2D eigenvalue weighted by Crippen LogP contribution is -2.08. The summed E-state index contributed by atoms with van der Waals surface area (Å²) in [6, 6.07) is 5.84. The van der Waals surface area contributed by atoms with Gasteiger partial charge < -0.3 is 5.73 Å². The first-order valence-electron chi connectivity index (χ1n) is 5.13. The van der Waals surface area contributed by atoms with Crippen LogP contribution in [0.2, 0.25) is 0 Å². The Morgan fingerprint density at radius 1 is 1.33 bits per heavy atom. The van der Waals surface area contributed by atoms with Crippen molar-refractivity contribution in [3.8, 4) is 0 Å². The normalized spacial score (nSPS) is 11.7. The van der Waals surface area contributed by atoms with Gasteiger partial charge in [-0.1, -0.05) is 12.1 Å². The summed E-state index contributed by atoms with van der Waals surface area (Å²) in [5, 5.41) is 3.92. The van der Waals surface area contributed by atoms with Crippen LogP contribution in [0.15, 0.2) is 35.4 Å². The number of benzene rings is 1. The van der Waals surface area contributed by atoms with Gasteiger partial charge in [-0.3, -0.25) is 0 Å². The van der Waals surface area contributed by atoms with E-state index in [0.717, 1.165) is 11.8 Å². The Labute approximate surface area is 104 Å². The minimum Gasteiger partial charge on any atom is -0.383 e. The second-order valence-electron chi connectivity index (χ2n) is 3.95. The second-order valence-corrected chi connectivity index (χ2v) is 5.93. The molecule has 1 aromatic carbocycles. The van der Waals surface area contributed by atoms with E-state index in [2.05, 4.69) is 5.10 Å². The van der Waals surface area contributed by atoms with Crippen molar-refractivity contribution in [3.63, 3.8) is 0 Å². The van der Waals surface area contributed by atoms with Gasteiger partial charge in [-0.2, -0.15) is 5.10 Å². The summed E-state index contributed by atoms with van der Waals surface area (Å²) in [7, 11) is -3.38. The van der Waals surface area contributed by atoms with E-state index in [1.807, 2.05) is 0 Å². The van der Waals surface area contributed by atoms with E-state index in [-0.39, 0.29) is 16.5 Å². The molecule has 0 fully saturated rings.